The third-order valence-corrected chi connectivity index (χ3v) is 4.88. The monoisotopic (exact) mass is 379 g/mol. The van der Waals surface area contributed by atoms with Crippen molar-refractivity contribution in [1.82, 2.24) is 5.32 Å². The Balaban J connectivity index is 1.73. The summed E-state index contributed by atoms with van der Waals surface area (Å²) in [6.07, 6.45) is 0. The molecule has 3 rings (SSSR count). The smallest absolute Gasteiger partial charge is 0.251 e. The average molecular weight is 380 g/mol. The van der Waals surface area contributed by atoms with Crippen molar-refractivity contribution in [2.45, 2.75) is 6.04 Å². The van der Waals surface area contributed by atoms with Gasteiger partial charge < -0.3 is 20.1 Å². The van der Waals surface area contributed by atoms with Gasteiger partial charge >= 0.3 is 0 Å². The van der Waals surface area contributed by atoms with E-state index in [4.69, 9.17) is 16.3 Å². The minimum atomic E-state index is -0.285. The van der Waals surface area contributed by atoms with Gasteiger partial charge in [0.15, 0.2) is 0 Å². The molecule has 1 atom stereocenters. The van der Waals surface area contributed by atoms with Gasteiger partial charge in [-0.25, -0.2) is 4.39 Å². The second kappa shape index (κ2) is 8.49. The Labute approximate surface area is 156 Å². The quantitative estimate of drug-likeness (QED) is 0.739. The minimum Gasteiger partial charge on any atom is -0.506 e. The van der Waals surface area contributed by atoms with Crippen LogP contribution in [0.25, 0.3) is 0 Å². The number of ether oxygens (including phenoxy) is 1. The zero-order chi connectivity index (χ0) is 18.5. The van der Waals surface area contributed by atoms with Gasteiger partial charge in [-0.15, -0.1) is 0 Å². The third-order valence-electron chi connectivity index (χ3n) is 4.58. The van der Waals surface area contributed by atoms with E-state index in [2.05, 4.69) is 5.32 Å². The molecule has 0 aromatic heterocycles. The number of carbonyl (C=O) groups excluding carboxylic acids is 1. The van der Waals surface area contributed by atoms with Gasteiger partial charge in [-0.05, 0) is 30.3 Å². The highest BCUT2D eigenvalue weighted by molar-refractivity contribution is 6.32. The van der Waals surface area contributed by atoms with Crippen LogP contribution >= 0.6 is 11.6 Å². The Hall–Kier alpha value is -2.15. The van der Waals surface area contributed by atoms with Gasteiger partial charge in [-0.2, -0.15) is 0 Å². The van der Waals surface area contributed by atoms with Gasteiger partial charge in [0.05, 0.1) is 24.8 Å². The number of aromatic hydroxyl groups is 1. The molecule has 1 fully saturated rings. The molecular weight excluding hydrogens is 359 g/mol. The molecule has 1 amide bonds. The highest BCUT2D eigenvalue weighted by Gasteiger charge is 2.27. The Morgan fingerprint density at radius 1 is 1.23 bits per heavy atom. The fourth-order valence-corrected chi connectivity index (χ4v) is 3.30. The molecule has 7 heteroatoms. The standard InChI is InChI=1S/C19H20ClFN2O3/c20-16-11-14(3-6-18(16)24)19(25)22-12-17(23-7-9-26-10-8-23)13-1-4-15(21)5-2-13/h1-6,11,17,24H,7-10,12H2,(H,22,25)/p+1/t17-/m1/s1. The number of phenolic OH excluding ortho intramolecular Hbond substituents is 1. The topological polar surface area (TPSA) is 63.0 Å². The molecule has 1 heterocycles. The first-order chi connectivity index (χ1) is 12.5. The number of benzene rings is 2. The normalized spacial score (nSPS) is 16.2. The van der Waals surface area contributed by atoms with Gasteiger partial charge in [-0.3, -0.25) is 4.79 Å². The Morgan fingerprint density at radius 3 is 2.58 bits per heavy atom. The molecule has 0 bridgehead atoms. The van der Waals surface area contributed by atoms with E-state index < -0.39 is 0 Å². The first kappa shape index (κ1) is 18.6. The van der Waals surface area contributed by atoms with E-state index in [1.54, 1.807) is 12.1 Å². The lowest BCUT2D eigenvalue weighted by Crippen LogP contribution is -3.15. The largest absolute Gasteiger partial charge is 0.506 e. The van der Waals surface area contributed by atoms with Crippen molar-refractivity contribution >= 4 is 17.5 Å². The van der Waals surface area contributed by atoms with Crippen molar-refractivity contribution < 1.29 is 23.9 Å². The first-order valence-corrected chi connectivity index (χ1v) is 8.87. The summed E-state index contributed by atoms with van der Waals surface area (Å²) in [4.78, 5) is 13.7. The van der Waals surface area contributed by atoms with E-state index in [0.29, 0.717) is 25.3 Å². The maximum atomic E-state index is 13.3. The summed E-state index contributed by atoms with van der Waals surface area (Å²) < 4.78 is 18.7. The maximum absolute atomic E-state index is 13.3. The van der Waals surface area contributed by atoms with Crippen LogP contribution in [0, 0.1) is 5.82 Å². The molecule has 0 unspecified atom stereocenters. The summed E-state index contributed by atoms with van der Waals surface area (Å²) in [7, 11) is 0. The predicted molar refractivity (Wildman–Crippen MR) is 96.1 cm³/mol. The van der Waals surface area contributed by atoms with E-state index in [-0.39, 0.29) is 28.5 Å². The Bertz CT molecular complexity index is 764. The van der Waals surface area contributed by atoms with Crippen LogP contribution in [0.4, 0.5) is 4.39 Å². The molecule has 26 heavy (non-hydrogen) atoms. The van der Waals surface area contributed by atoms with Crippen LogP contribution < -0.4 is 10.2 Å². The van der Waals surface area contributed by atoms with Crippen LogP contribution in [-0.4, -0.2) is 43.9 Å². The van der Waals surface area contributed by atoms with Crippen LogP contribution in [0.15, 0.2) is 42.5 Å². The molecule has 2 aromatic rings. The number of hydrogen-bond donors (Lipinski definition) is 3. The number of morpholine rings is 1. The number of phenols is 1. The van der Waals surface area contributed by atoms with Crippen molar-refractivity contribution in [3.8, 4) is 5.75 Å². The van der Waals surface area contributed by atoms with Gasteiger partial charge in [0, 0.05) is 11.1 Å². The average Bonchev–Trinajstić information content (AvgIpc) is 2.66. The first-order valence-electron chi connectivity index (χ1n) is 8.49. The number of hydrogen-bond acceptors (Lipinski definition) is 3. The van der Waals surface area contributed by atoms with Crippen molar-refractivity contribution in [3.05, 3.63) is 64.4 Å². The van der Waals surface area contributed by atoms with Gasteiger partial charge in [0.25, 0.3) is 5.91 Å². The summed E-state index contributed by atoms with van der Waals surface area (Å²) in [6, 6.07) is 10.7. The summed E-state index contributed by atoms with van der Waals surface area (Å²) in [5.74, 6) is -0.621. The highest BCUT2D eigenvalue weighted by Crippen LogP contribution is 2.23. The molecule has 5 nitrogen and oxygen atoms in total. The van der Waals surface area contributed by atoms with Crippen molar-refractivity contribution in [2.75, 3.05) is 32.8 Å². The molecule has 0 radical (unpaired) electrons. The molecule has 1 aliphatic rings. The fourth-order valence-electron chi connectivity index (χ4n) is 3.12. The second-order valence-electron chi connectivity index (χ2n) is 6.25. The molecule has 3 N–H and O–H groups in total. The number of amides is 1. The number of nitrogens with one attached hydrogen (secondary N) is 2. The Kier molecular flexibility index (Phi) is 6.08. The lowest BCUT2D eigenvalue weighted by molar-refractivity contribution is -0.937. The SMILES string of the molecule is O=C(NC[C@H](c1ccc(F)cc1)[NH+]1CCOCC1)c1ccc(O)c(Cl)c1. The van der Waals surface area contributed by atoms with Crippen LogP contribution in [0.1, 0.15) is 22.0 Å². The van der Waals surface area contributed by atoms with Crippen LogP contribution in [0.3, 0.4) is 0 Å². The molecule has 0 aliphatic carbocycles. The molecule has 0 spiro atoms. The minimum absolute atomic E-state index is 0.00367. The van der Waals surface area contributed by atoms with Crippen molar-refractivity contribution in [2.24, 2.45) is 0 Å². The summed E-state index contributed by atoms with van der Waals surface area (Å²) in [5, 5.41) is 12.5. The van der Waals surface area contributed by atoms with Crippen molar-refractivity contribution in [3.63, 3.8) is 0 Å². The second-order valence-corrected chi connectivity index (χ2v) is 6.66. The maximum Gasteiger partial charge on any atom is 0.251 e. The zero-order valence-electron chi connectivity index (χ0n) is 14.2. The van der Waals surface area contributed by atoms with Crippen LogP contribution in [0.5, 0.6) is 5.75 Å². The molecule has 1 saturated heterocycles. The number of carbonyl (C=O) groups is 1. The van der Waals surface area contributed by atoms with E-state index in [9.17, 15) is 14.3 Å². The molecular formula is C19H21ClFN2O3+. The summed E-state index contributed by atoms with van der Waals surface area (Å²) in [5.41, 5.74) is 1.34. The lowest BCUT2D eigenvalue weighted by Gasteiger charge is -2.32. The fraction of sp³-hybridized carbons (Fsp3) is 0.316. The Morgan fingerprint density at radius 2 is 1.92 bits per heavy atom. The lowest BCUT2D eigenvalue weighted by atomic mass is 10.0. The number of halogens is 2. The third kappa shape index (κ3) is 4.52. The van der Waals surface area contributed by atoms with E-state index >= 15 is 0 Å². The molecule has 1 aliphatic heterocycles. The molecule has 2 aromatic carbocycles. The summed E-state index contributed by atoms with van der Waals surface area (Å²) in [6.45, 7) is 3.37. The predicted octanol–water partition coefficient (Wildman–Crippen LogP) is 1.57. The van der Waals surface area contributed by atoms with Crippen molar-refractivity contribution in [1.29, 1.82) is 0 Å². The molecule has 138 valence electrons. The number of rotatable bonds is 5. The van der Waals surface area contributed by atoms with E-state index in [1.807, 2.05) is 0 Å². The van der Waals surface area contributed by atoms with Crippen LogP contribution in [-0.2, 0) is 4.74 Å². The van der Waals surface area contributed by atoms with Gasteiger partial charge in [-0.1, -0.05) is 23.7 Å². The number of quaternary nitrogens is 1. The van der Waals surface area contributed by atoms with Gasteiger partial charge in [0.1, 0.15) is 30.7 Å². The zero-order valence-corrected chi connectivity index (χ0v) is 14.9. The molecule has 0 saturated carbocycles. The van der Waals surface area contributed by atoms with E-state index in [0.717, 1.165) is 18.7 Å². The van der Waals surface area contributed by atoms with E-state index in [1.165, 1.54) is 35.2 Å². The van der Waals surface area contributed by atoms with Gasteiger partial charge in [0.2, 0.25) is 0 Å². The highest BCUT2D eigenvalue weighted by atomic mass is 35.5. The van der Waals surface area contributed by atoms with Crippen LogP contribution in [0.2, 0.25) is 5.02 Å². The summed E-state index contributed by atoms with van der Waals surface area (Å²) >= 11 is 5.87.